The Morgan fingerprint density at radius 2 is 1.89 bits per heavy atom. The molecule has 28 heavy (non-hydrogen) atoms. The second-order valence-corrected chi connectivity index (χ2v) is 7.64. The second-order valence-electron chi connectivity index (χ2n) is 6.79. The Bertz CT molecular complexity index is 1050. The van der Waals surface area contributed by atoms with Crippen molar-refractivity contribution in [3.05, 3.63) is 63.8 Å². The molecule has 1 unspecified atom stereocenters. The molecule has 1 aromatic heterocycles. The highest BCUT2D eigenvalue weighted by Crippen LogP contribution is 2.25. The van der Waals surface area contributed by atoms with E-state index in [1.165, 1.54) is 0 Å². The predicted molar refractivity (Wildman–Crippen MR) is 109 cm³/mol. The molecule has 0 saturated heterocycles. The van der Waals surface area contributed by atoms with Gasteiger partial charge in [-0.3, -0.25) is 9.48 Å². The van der Waals surface area contributed by atoms with Crippen LogP contribution in [-0.4, -0.2) is 32.8 Å². The molecule has 1 atom stereocenters. The topological polar surface area (TPSA) is 84.2 Å². The van der Waals surface area contributed by atoms with Crippen molar-refractivity contribution in [1.82, 2.24) is 15.1 Å². The highest BCUT2D eigenvalue weighted by molar-refractivity contribution is 6.35. The zero-order chi connectivity index (χ0) is 20.4. The zero-order valence-electron chi connectivity index (χ0n) is 15.3. The lowest BCUT2D eigenvalue weighted by Crippen LogP contribution is -2.44. The normalized spacial score (nSPS) is 12.3. The lowest BCUT2D eigenvalue weighted by atomic mass is 10.0. The van der Waals surface area contributed by atoms with Crippen molar-refractivity contribution in [2.45, 2.75) is 26.4 Å². The molecule has 0 aliphatic carbocycles. The molecule has 0 fully saturated rings. The molecule has 1 heterocycles. The molecule has 2 N–H and O–H groups in total. The van der Waals surface area contributed by atoms with Gasteiger partial charge in [-0.2, -0.15) is 5.10 Å². The first-order valence-corrected chi connectivity index (χ1v) is 9.46. The summed E-state index contributed by atoms with van der Waals surface area (Å²) in [5.41, 5.74) is 1.72. The Labute approximate surface area is 172 Å². The fourth-order valence-corrected chi connectivity index (χ4v) is 3.42. The SMILES string of the molecule is CC(C)C(NC(=O)c1nn(Cc2ccc(Cl)cc2Cl)c2ccccc12)C(=O)O. The number of carboxylic acids is 1. The summed E-state index contributed by atoms with van der Waals surface area (Å²) < 4.78 is 1.67. The Morgan fingerprint density at radius 3 is 2.54 bits per heavy atom. The number of hydrogen-bond donors (Lipinski definition) is 2. The highest BCUT2D eigenvalue weighted by atomic mass is 35.5. The minimum Gasteiger partial charge on any atom is -0.480 e. The maximum Gasteiger partial charge on any atom is 0.326 e. The third kappa shape index (κ3) is 4.13. The van der Waals surface area contributed by atoms with Crippen molar-refractivity contribution < 1.29 is 14.7 Å². The summed E-state index contributed by atoms with van der Waals surface area (Å²) >= 11 is 12.2. The number of benzene rings is 2. The maximum absolute atomic E-state index is 12.8. The van der Waals surface area contributed by atoms with Crippen molar-refractivity contribution >= 4 is 46.0 Å². The minimum atomic E-state index is -1.08. The van der Waals surface area contributed by atoms with Crippen LogP contribution >= 0.6 is 23.2 Å². The number of aromatic nitrogens is 2. The second kappa shape index (κ2) is 8.20. The van der Waals surface area contributed by atoms with Gasteiger partial charge in [0, 0.05) is 15.4 Å². The number of nitrogens with zero attached hydrogens (tertiary/aromatic N) is 2. The fraction of sp³-hybridized carbons (Fsp3) is 0.250. The van der Waals surface area contributed by atoms with Gasteiger partial charge in [-0.15, -0.1) is 0 Å². The number of carbonyl (C=O) groups excluding carboxylic acids is 1. The average Bonchev–Trinajstić information content (AvgIpc) is 3.00. The van der Waals surface area contributed by atoms with Gasteiger partial charge >= 0.3 is 5.97 Å². The number of fused-ring (bicyclic) bond motifs is 1. The molecule has 0 radical (unpaired) electrons. The first-order chi connectivity index (χ1) is 13.3. The van der Waals surface area contributed by atoms with E-state index in [4.69, 9.17) is 23.2 Å². The standard InChI is InChI=1S/C20H19Cl2N3O3/c1-11(2)17(20(27)28)23-19(26)18-14-5-3-4-6-16(14)25(24-18)10-12-7-8-13(21)9-15(12)22/h3-9,11,17H,10H2,1-2H3,(H,23,26)(H,27,28). The summed E-state index contributed by atoms with van der Waals surface area (Å²) in [6, 6.07) is 11.5. The van der Waals surface area contributed by atoms with E-state index in [9.17, 15) is 14.7 Å². The zero-order valence-corrected chi connectivity index (χ0v) is 16.8. The first-order valence-electron chi connectivity index (χ1n) is 8.71. The number of para-hydroxylation sites is 1. The average molecular weight is 420 g/mol. The van der Waals surface area contributed by atoms with Crippen LogP contribution in [0, 0.1) is 5.92 Å². The molecule has 3 aromatic rings. The number of hydrogen-bond acceptors (Lipinski definition) is 3. The highest BCUT2D eigenvalue weighted by Gasteiger charge is 2.26. The summed E-state index contributed by atoms with van der Waals surface area (Å²) in [7, 11) is 0. The van der Waals surface area contributed by atoms with E-state index in [2.05, 4.69) is 10.4 Å². The van der Waals surface area contributed by atoms with Crippen LogP contribution in [0.5, 0.6) is 0 Å². The van der Waals surface area contributed by atoms with Gasteiger partial charge in [-0.1, -0.05) is 61.3 Å². The smallest absolute Gasteiger partial charge is 0.326 e. The maximum atomic E-state index is 12.8. The lowest BCUT2D eigenvalue weighted by Gasteiger charge is -2.17. The number of aliphatic carboxylic acids is 1. The monoisotopic (exact) mass is 419 g/mol. The summed E-state index contributed by atoms with van der Waals surface area (Å²) in [4.78, 5) is 24.2. The molecule has 1 amide bonds. The lowest BCUT2D eigenvalue weighted by molar-refractivity contribution is -0.140. The van der Waals surface area contributed by atoms with Crippen LogP contribution in [0.3, 0.4) is 0 Å². The van der Waals surface area contributed by atoms with Crippen LogP contribution in [0.2, 0.25) is 10.0 Å². The van der Waals surface area contributed by atoms with Crippen LogP contribution in [0.4, 0.5) is 0 Å². The van der Waals surface area contributed by atoms with Crippen LogP contribution < -0.4 is 5.32 Å². The Balaban J connectivity index is 1.98. The van der Waals surface area contributed by atoms with Gasteiger partial charge in [0.1, 0.15) is 6.04 Å². The predicted octanol–water partition coefficient (Wildman–Crippen LogP) is 4.23. The molecule has 2 aromatic carbocycles. The quantitative estimate of drug-likeness (QED) is 0.625. The molecule has 0 aliphatic rings. The van der Waals surface area contributed by atoms with Gasteiger partial charge in [0.2, 0.25) is 0 Å². The van der Waals surface area contributed by atoms with Gasteiger partial charge < -0.3 is 10.4 Å². The summed E-state index contributed by atoms with van der Waals surface area (Å²) in [6.07, 6.45) is 0. The fourth-order valence-electron chi connectivity index (χ4n) is 2.95. The summed E-state index contributed by atoms with van der Waals surface area (Å²) in [5, 5.41) is 18.0. The molecular formula is C20H19Cl2N3O3. The van der Waals surface area contributed by atoms with E-state index in [-0.39, 0.29) is 11.6 Å². The van der Waals surface area contributed by atoms with E-state index >= 15 is 0 Å². The minimum absolute atomic E-state index is 0.174. The van der Waals surface area contributed by atoms with E-state index < -0.39 is 17.9 Å². The van der Waals surface area contributed by atoms with Crippen LogP contribution in [-0.2, 0) is 11.3 Å². The van der Waals surface area contributed by atoms with Gasteiger partial charge in [0.05, 0.1) is 12.1 Å². The van der Waals surface area contributed by atoms with Crippen LogP contribution in [0.15, 0.2) is 42.5 Å². The number of carboxylic acid groups (broad SMARTS) is 1. The number of amides is 1. The van der Waals surface area contributed by atoms with Crippen molar-refractivity contribution in [3.8, 4) is 0 Å². The number of halogens is 2. The van der Waals surface area contributed by atoms with Crippen molar-refractivity contribution in [1.29, 1.82) is 0 Å². The molecule has 0 spiro atoms. The molecule has 8 heteroatoms. The Kier molecular flexibility index (Phi) is 5.91. The third-order valence-corrected chi connectivity index (χ3v) is 5.01. The third-order valence-electron chi connectivity index (χ3n) is 4.43. The molecular weight excluding hydrogens is 401 g/mol. The van der Waals surface area contributed by atoms with Crippen molar-refractivity contribution in [2.75, 3.05) is 0 Å². The van der Waals surface area contributed by atoms with E-state index in [1.807, 2.05) is 12.1 Å². The van der Waals surface area contributed by atoms with Gasteiger partial charge in [-0.25, -0.2) is 4.79 Å². The van der Waals surface area contributed by atoms with E-state index in [0.29, 0.717) is 22.0 Å². The molecule has 146 valence electrons. The molecule has 6 nitrogen and oxygen atoms in total. The number of nitrogens with one attached hydrogen (secondary N) is 1. The molecule has 0 bridgehead atoms. The largest absolute Gasteiger partial charge is 0.480 e. The van der Waals surface area contributed by atoms with E-state index in [1.54, 1.807) is 48.9 Å². The van der Waals surface area contributed by atoms with Gasteiger partial charge in [0.15, 0.2) is 5.69 Å². The van der Waals surface area contributed by atoms with Crippen LogP contribution in [0.1, 0.15) is 29.9 Å². The summed E-state index contributed by atoms with van der Waals surface area (Å²) in [5.74, 6) is -1.87. The Hall–Kier alpha value is -2.57. The van der Waals surface area contributed by atoms with Crippen molar-refractivity contribution in [3.63, 3.8) is 0 Å². The molecule has 0 saturated carbocycles. The molecule has 0 aliphatic heterocycles. The molecule has 3 rings (SSSR count). The van der Waals surface area contributed by atoms with Crippen LogP contribution in [0.25, 0.3) is 10.9 Å². The van der Waals surface area contributed by atoms with Crippen molar-refractivity contribution in [2.24, 2.45) is 5.92 Å². The summed E-state index contributed by atoms with van der Waals surface area (Å²) in [6.45, 7) is 3.81. The Morgan fingerprint density at radius 1 is 1.18 bits per heavy atom. The van der Waals surface area contributed by atoms with Gasteiger partial charge in [-0.05, 0) is 29.7 Å². The van der Waals surface area contributed by atoms with E-state index in [0.717, 1.165) is 11.1 Å². The van der Waals surface area contributed by atoms with Gasteiger partial charge in [0.25, 0.3) is 5.91 Å². The first kappa shape index (κ1) is 20.2. The number of rotatable bonds is 6. The number of carbonyl (C=O) groups is 2.